The molecular weight excluding hydrogens is 292 g/mol. The monoisotopic (exact) mass is 310 g/mol. The molecule has 0 bridgehead atoms. The fraction of sp³-hybridized carbons (Fsp3) is 0.400. The van der Waals surface area contributed by atoms with Crippen LogP contribution in [-0.4, -0.2) is 18.3 Å². The van der Waals surface area contributed by atoms with Crippen LogP contribution in [0.5, 0.6) is 5.75 Å². The maximum Gasteiger partial charge on any atom is 0.162 e. The Labute approximate surface area is 129 Å². The van der Waals surface area contributed by atoms with Crippen LogP contribution in [0.1, 0.15) is 23.9 Å². The number of nitrogens with two attached hydrogens (primary N) is 1. The maximum absolute atomic E-state index is 6.21. The molecule has 0 aliphatic rings. The molecule has 0 radical (unpaired) electrons. The number of rotatable bonds is 7. The summed E-state index contributed by atoms with van der Waals surface area (Å²) in [6, 6.07) is 7.37. The van der Waals surface area contributed by atoms with Crippen molar-refractivity contribution in [2.75, 3.05) is 7.11 Å². The molecule has 1 heterocycles. The van der Waals surface area contributed by atoms with Gasteiger partial charge in [0.2, 0.25) is 0 Å². The van der Waals surface area contributed by atoms with Crippen molar-refractivity contribution in [3.63, 3.8) is 0 Å². The zero-order chi connectivity index (χ0) is 15.2. The lowest BCUT2D eigenvalue weighted by molar-refractivity contribution is 0.155. The van der Waals surface area contributed by atoms with Crippen molar-refractivity contribution >= 4 is 11.6 Å². The van der Waals surface area contributed by atoms with Crippen molar-refractivity contribution in [3.05, 3.63) is 46.3 Å². The van der Waals surface area contributed by atoms with Gasteiger partial charge in [-0.1, -0.05) is 22.8 Å². The number of methoxy groups -OCH3 is 1. The Morgan fingerprint density at radius 2 is 2.19 bits per heavy atom. The van der Waals surface area contributed by atoms with E-state index in [0.717, 1.165) is 11.3 Å². The Bertz CT molecular complexity index is 584. The Morgan fingerprint density at radius 3 is 2.90 bits per heavy atom. The van der Waals surface area contributed by atoms with Crippen molar-refractivity contribution in [2.45, 2.75) is 32.6 Å². The summed E-state index contributed by atoms with van der Waals surface area (Å²) in [6.45, 7) is 2.63. The summed E-state index contributed by atoms with van der Waals surface area (Å²) in [5.74, 6) is 1.38. The van der Waals surface area contributed by atoms with Crippen LogP contribution < -0.4 is 10.5 Å². The highest BCUT2D eigenvalue weighted by Crippen LogP contribution is 2.28. The standard InChI is InChI=1S/C15H19ClN2O3/c1-10(17)6-13-14(16)4-3-5-15(13)20-8-11-7-12(9-19-2)21-18-11/h3-5,7,10H,6,8-9,17H2,1-2H3. The van der Waals surface area contributed by atoms with E-state index in [1.165, 1.54) is 0 Å². The summed E-state index contributed by atoms with van der Waals surface area (Å²) in [5.41, 5.74) is 7.47. The lowest BCUT2D eigenvalue weighted by Gasteiger charge is -2.13. The zero-order valence-electron chi connectivity index (χ0n) is 12.1. The van der Waals surface area contributed by atoms with Gasteiger partial charge in [0, 0.05) is 29.8 Å². The van der Waals surface area contributed by atoms with Gasteiger partial charge in [-0.05, 0) is 25.5 Å². The van der Waals surface area contributed by atoms with Crippen LogP contribution in [-0.2, 0) is 24.4 Å². The molecule has 6 heteroatoms. The van der Waals surface area contributed by atoms with E-state index in [1.807, 2.05) is 25.1 Å². The highest BCUT2D eigenvalue weighted by Gasteiger charge is 2.12. The summed E-state index contributed by atoms with van der Waals surface area (Å²) in [7, 11) is 1.60. The van der Waals surface area contributed by atoms with Crippen molar-refractivity contribution < 1.29 is 14.0 Å². The molecule has 0 fully saturated rings. The first-order chi connectivity index (χ1) is 10.1. The van der Waals surface area contributed by atoms with E-state index >= 15 is 0 Å². The number of aromatic nitrogens is 1. The van der Waals surface area contributed by atoms with Crippen molar-refractivity contribution in [1.29, 1.82) is 0 Å². The molecule has 1 aromatic heterocycles. The first-order valence-electron chi connectivity index (χ1n) is 6.69. The molecule has 0 spiro atoms. The number of ether oxygens (including phenoxy) is 2. The second-order valence-electron chi connectivity index (χ2n) is 4.90. The van der Waals surface area contributed by atoms with Crippen molar-refractivity contribution in [3.8, 4) is 5.75 Å². The van der Waals surface area contributed by atoms with Gasteiger partial charge in [-0.25, -0.2) is 0 Å². The number of hydrogen-bond acceptors (Lipinski definition) is 5. The molecule has 0 saturated carbocycles. The van der Waals surface area contributed by atoms with E-state index in [9.17, 15) is 0 Å². The Balaban J connectivity index is 2.06. The molecule has 1 unspecified atom stereocenters. The topological polar surface area (TPSA) is 70.5 Å². The lowest BCUT2D eigenvalue weighted by atomic mass is 10.1. The SMILES string of the molecule is COCc1cc(COc2cccc(Cl)c2CC(C)N)no1. The zero-order valence-corrected chi connectivity index (χ0v) is 12.9. The van der Waals surface area contributed by atoms with Crippen LogP contribution in [0.25, 0.3) is 0 Å². The molecular formula is C15H19ClN2O3. The van der Waals surface area contributed by atoms with Crippen molar-refractivity contribution in [2.24, 2.45) is 5.73 Å². The molecule has 2 aromatic rings. The van der Waals surface area contributed by atoms with Crippen LogP contribution in [0, 0.1) is 0 Å². The van der Waals surface area contributed by atoms with Crippen LogP contribution in [0.15, 0.2) is 28.8 Å². The smallest absolute Gasteiger partial charge is 0.162 e. The normalized spacial score (nSPS) is 12.4. The van der Waals surface area contributed by atoms with E-state index < -0.39 is 0 Å². The van der Waals surface area contributed by atoms with Crippen LogP contribution in [0.4, 0.5) is 0 Å². The quantitative estimate of drug-likeness (QED) is 0.851. The molecule has 2 rings (SSSR count). The van der Waals surface area contributed by atoms with Gasteiger partial charge in [0.15, 0.2) is 5.76 Å². The molecule has 0 aliphatic carbocycles. The summed E-state index contributed by atoms with van der Waals surface area (Å²) >= 11 is 6.21. The lowest BCUT2D eigenvalue weighted by Crippen LogP contribution is -2.18. The number of hydrogen-bond donors (Lipinski definition) is 1. The second-order valence-corrected chi connectivity index (χ2v) is 5.31. The first kappa shape index (κ1) is 15.8. The summed E-state index contributed by atoms with van der Waals surface area (Å²) in [5, 5.41) is 4.58. The van der Waals surface area contributed by atoms with Gasteiger partial charge in [-0.3, -0.25) is 0 Å². The fourth-order valence-corrected chi connectivity index (χ4v) is 2.22. The summed E-state index contributed by atoms with van der Waals surface area (Å²) in [6.07, 6.45) is 0.656. The third kappa shape index (κ3) is 4.46. The molecule has 114 valence electrons. The molecule has 2 N–H and O–H groups in total. The molecule has 0 amide bonds. The maximum atomic E-state index is 6.21. The van der Waals surface area contributed by atoms with Gasteiger partial charge < -0.3 is 19.7 Å². The average Bonchev–Trinajstić information content (AvgIpc) is 2.87. The van der Waals surface area contributed by atoms with Crippen LogP contribution in [0.3, 0.4) is 0 Å². The van der Waals surface area contributed by atoms with E-state index in [1.54, 1.807) is 13.2 Å². The molecule has 1 aromatic carbocycles. The minimum Gasteiger partial charge on any atom is -0.487 e. The molecule has 0 saturated heterocycles. The largest absolute Gasteiger partial charge is 0.487 e. The second kappa shape index (κ2) is 7.45. The first-order valence-corrected chi connectivity index (χ1v) is 7.07. The van der Waals surface area contributed by atoms with Crippen molar-refractivity contribution in [1.82, 2.24) is 5.16 Å². The average molecular weight is 311 g/mol. The number of benzene rings is 1. The van der Waals surface area contributed by atoms with Crippen LogP contribution in [0.2, 0.25) is 5.02 Å². The van der Waals surface area contributed by atoms with E-state index in [0.29, 0.717) is 36.1 Å². The summed E-state index contributed by atoms with van der Waals surface area (Å²) < 4.78 is 15.9. The minimum atomic E-state index is 0.00704. The van der Waals surface area contributed by atoms with E-state index in [4.69, 9.17) is 31.3 Å². The number of nitrogens with zero attached hydrogens (tertiary/aromatic N) is 1. The Kier molecular flexibility index (Phi) is 5.61. The molecule has 0 aliphatic heterocycles. The minimum absolute atomic E-state index is 0.00704. The van der Waals surface area contributed by atoms with Gasteiger partial charge in [0.1, 0.15) is 24.7 Å². The van der Waals surface area contributed by atoms with E-state index in [2.05, 4.69) is 5.16 Å². The molecule has 5 nitrogen and oxygen atoms in total. The van der Waals surface area contributed by atoms with Gasteiger partial charge in [-0.2, -0.15) is 0 Å². The van der Waals surface area contributed by atoms with Gasteiger partial charge >= 0.3 is 0 Å². The van der Waals surface area contributed by atoms with E-state index in [-0.39, 0.29) is 6.04 Å². The summed E-state index contributed by atoms with van der Waals surface area (Å²) in [4.78, 5) is 0. The highest BCUT2D eigenvalue weighted by atomic mass is 35.5. The third-order valence-corrected chi connectivity index (χ3v) is 3.23. The third-order valence-electron chi connectivity index (χ3n) is 2.87. The predicted octanol–water partition coefficient (Wildman–Crippen LogP) is 2.94. The molecule has 21 heavy (non-hydrogen) atoms. The fourth-order valence-electron chi connectivity index (χ4n) is 1.98. The molecule has 1 atom stereocenters. The van der Waals surface area contributed by atoms with Gasteiger partial charge in [0.25, 0.3) is 0 Å². The van der Waals surface area contributed by atoms with Gasteiger partial charge in [0.05, 0.1) is 0 Å². The highest BCUT2D eigenvalue weighted by molar-refractivity contribution is 6.31. The van der Waals surface area contributed by atoms with Gasteiger partial charge in [-0.15, -0.1) is 0 Å². The Morgan fingerprint density at radius 1 is 1.38 bits per heavy atom. The predicted molar refractivity (Wildman–Crippen MR) is 80.4 cm³/mol. The Hall–Kier alpha value is -1.56. The van der Waals surface area contributed by atoms with Crippen LogP contribution >= 0.6 is 11.6 Å². The number of halogens is 1.